The molecule has 0 fully saturated rings. The Kier molecular flexibility index (Phi) is 7.59. The fourth-order valence-electron chi connectivity index (χ4n) is 1.66. The second-order valence-corrected chi connectivity index (χ2v) is 4.65. The summed E-state index contributed by atoms with van der Waals surface area (Å²) in [6.45, 7) is 8.07. The molecule has 0 saturated carbocycles. The summed E-state index contributed by atoms with van der Waals surface area (Å²) >= 11 is 0. The zero-order chi connectivity index (χ0) is 15.5. The van der Waals surface area contributed by atoms with Gasteiger partial charge in [0.25, 0.3) is 0 Å². The van der Waals surface area contributed by atoms with Gasteiger partial charge in [-0.3, -0.25) is 0 Å². The number of hydrogen-bond donors (Lipinski definition) is 0. The summed E-state index contributed by atoms with van der Waals surface area (Å²) in [6, 6.07) is 10.1. The van der Waals surface area contributed by atoms with Gasteiger partial charge in [0.1, 0.15) is 0 Å². The smallest absolute Gasteiger partial charge is 0.330 e. The number of carbonyl (C=O) groups is 1. The maximum Gasteiger partial charge on any atom is 0.330 e. The fraction of sp³-hybridized carbons (Fsp3) is 0.211. The second-order valence-electron chi connectivity index (χ2n) is 4.65. The fourth-order valence-corrected chi connectivity index (χ4v) is 1.66. The maximum absolute atomic E-state index is 11.2. The molecule has 21 heavy (non-hydrogen) atoms. The molecule has 0 atom stereocenters. The molecular weight excluding hydrogens is 260 g/mol. The lowest BCUT2D eigenvalue weighted by Gasteiger charge is -1.97. The van der Waals surface area contributed by atoms with E-state index in [2.05, 4.69) is 6.58 Å². The lowest BCUT2D eigenvalue weighted by atomic mass is 10.1. The summed E-state index contributed by atoms with van der Waals surface area (Å²) in [7, 11) is 0. The molecule has 1 aromatic rings. The number of allylic oxidation sites excluding steroid dienone is 5. The third kappa shape index (κ3) is 7.73. The van der Waals surface area contributed by atoms with Gasteiger partial charge in [-0.05, 0) is 31.4 Å². The molecule has 110 valence electrons. The second kappa shape index (κ2) is 9.54. The lowest BCUT2D eigenvalue weighted by molar-refractivity contribution is -0.137. The molecular formula is C19H22O2. The molecule has 2 heteroatoms. The molecule has 0 heterocycles. The Morgan fingerprint density at radius 2 is 1.95 bits per heavy atom. The van der Waals surface area contributed by atoms with Crippen LogP contribution in [-0.2, 0) is 9.53 Å². The molecule has 0 radical (unpaired) electrons. The van der Waals surface area contributed by atoms with Crippen molar-refractivity contribution in [2.75, 3.05) is 6.61 Å². The first-order valence-corrected chi connectivity index (χ1v) is 7.04. The van der Waals surface area contributed by atoms with E-state index in [0.717, 1.165) is 23.1 Å². The van der Waals surface area contributed by atoms with Crippen LogP contribution in [0.4, 0.5) is 0 Å². The molecule has 0 spiro atoms. The number of ether oxygens (including phenoxy) is 1. The summed E-state index contributed by atoms with van der Waals surface area (Å²) in [4.78, 5) is 11.2. The number of esters is 1. The van der Waals surface area contributed by atoms with Gasteiger partial charge in [0.2, 0.25) is 0 Å². The normalized spacial score (nSPS) is 12.0. The third-order valence-electron chi connectivity index (χ3n) is 2.70. The van der Waals surface area contributed by atoms with Crippen molar-refractivity contribution in [3.05, 3.63) is 77.9 Å². The zero-order valence-electron chi connectivity index (χ0n) is 12.7. The SMILES string of the molecule is C=C(/C=C/c1ccccc1)C/C=C/C(C)=C\C(=O)OCC. The van der Waals surface area contributed by atoms with E-state index in [-0.39, 0.29) is 5.97 Å². The predicted molar refractivity (Wildman–Crippen MR) is 88.8 cm³/mol. The van der Waals surface area contributed by atoms with Crippen molar-refractivity contribution >= 4 is 12.0 Å². The molecule has 0 unspecified atom stereocenters. The molecule has 0 saturated heterocycles. The molecule has 0 amide bonds. The van der Waals surface area contributed by atoms with Gasteiger partial charge in [-0.2, -0.15) is 0 Å². The van der Waals surface area contributed by atoms with Gasteiger partial charge in [-0.25, -0.2) is 4.79 Å². The molecule has 0 bridgehead atoms. The molecule has 2 nitrogen and oxygen atoms in total. The molecule has 1 rings (SSSR count). The molecule has 0 aliphatic carbocycles. The Labute approximate surface area is 127 Å². The van der Waals surface area contributed by atoms with Crippen LogP contribution >= 0.6 is 0 Å². The molecule has 0 aliphatic rings. The maximum atomic E-state index is 11.2. The van der Waals surface area contributed by atoms with Crippen LogP contribution in [0.5, 0.6) is 0 Å². The van der Waals surface area contributed by atoms with E-state index in [0.29, 0.717) is 6.61 Å². The minimum Gasteiger partial charge on any atom is -0.463 e. The highest BCUT2D eigenvalue weighted by molar-refractivity contribution is 5.83. The molecule has 1 aromatic carbocycles. The first-order valence-electron chi connectivity index (χ1n) is 7.04. The van der Waals surface area contributed by atoms with Gasteiger partial charge in [-0.1, -0.05) is 66.8 Å². The van der Waals surface area contributed by atoms with E-state index in [4.69, 9.17) is 4.74 Å². The Balaban J connectivity index is 2.44. The van der Waals surface area contributed by atoms with Gasteiger partial charge in [0.05, 0.1) is 6.61 Å². The highest BCUT2D eigenvalue weighted by Crippen LogP contribution is 2.08. The van der Waals surface area contributed by atoms with Crippen LogP contribution in [0.3, 0.4) is 0 Å². The summed E-state index contributed by atoms with van der Waals surface area (Å²) < 4.78 is 4.85. The summed E-state index contributed by atoms with van der Waals surface area (Å²) in [5, 5.41) is 0. The van der Waals surface area contributed by atoms with Crippen molar-refractivity contribution in [1.82, 2.24) is 0 Å². The zero-order valence-corrected chi connectivity index (χ0v) is 12.7. The van der Waals surface area contributed by atoms with Gasteiger partial charge < -0.3 is 4.74 Å². The number of hydrogen-bond acceptors (Lipinski definition) is 2. The van der Waals surface area contributed by atoms with Crippen molar-refractivity contribution in [3.63, 3.8) is 0 Å². The number of carbonyl (C=O) groups excluding carboxylic acids is 1. The van der Waals surface area contributed by atoms with E-state index < -0.39 is 0 Å². The standard InChI is InChI=1S/C19H22O2/c1-4-21-19(20)15-17(3)10-8-9-16(2)13-14-18-11-6-5-7-12-18/h5-8,10-15H,2,4,9H2,1,3H3/b10-8+,14-13+,17-15-. The topological polar surface area (TPSA) is 26.3 Å². The number of rotatable bonds is 7. The van der Waals surface area contributed by atoms with Gasteiger partial charge >= 0.3 is 5.97 Å². The summed E-state index contributed by atoms with van der Waals surface area (Å²) in [5.74, 6) is -0.303. The van der Waals surface area contributed by atoms with Crippen molar-refractivity contribution in [2.45, 2.75) is 20.3 Å². The molecule has 0 N–H and O–H groups in total. The van der Waals surface area contributed by atoms with Gasteiger partial charge in [-0.15, -0.1) is 0 Å². The Bertz CT molecular complexity index is 548. The predicted octanol–water partition coefficient (Wildman–Crippen LogP) is 4.71. The minimum atomic E-state index is -0.303. The van der Waals surface area contributed by atoms with E-state index in [1.54, 1.807) is 6.92 Å². The minimum absolute atomic E-state index is 0.303. The highest BCUT2D eigenvalue weighted by atomic mass is 16.5. The Hall–Kier alpha value is -2.35. The van der Waals surface area contributed by atoms with Crippen molar-refractivity contribution < 1.29 is 9.53 Å². The van der Waals surface area contributed by atoms with Crippen LogP contribution in [-0.4, -0.2) is 12.6 Å². The van der Waals surface area contributed by atoms with Gasteiger partial charge in [0, 0.05) is 6.08 Å². The van der Waals surface area contributed by atoms with Crippen LogP contribution in [0, 0.1) is 0 Å². The van der Waals surface area contributed by atoms with Crippen molar-refractivity contribution in [2.24, 2.45) is 0 Å². The van der Waals surface area contributed by atoms with E-state index >= 15 is 0 Å². The average molecular weight is 282 g/mol. The lowest BCUT2D eigenvalue weighted by Crippen LogP contribution is -1.99. The highest BCUT2D eigenvalue weighted by Gasteiger charge is 1.95. The first-order chi connectivity index (χ1) is 10.1. The van der Waals surface area contributed by atoms with Crippen LogP contribution in [0.1, 0.15) is 25.8 Å². The van der Waals surface area contributed by atoms with E-state index in [9.17, 15) is 4.79 Å². The van der Waals surface area contributed by atoms with Crippen LogP contribution in [0.25, 0.3) is 6.08 Å². The molecule has 0 aliphatic heterocycles. The van der Waals surface area contributed by atoms with E-state index in [1.165, 1.54) is 6.08 Å². The summed E-state index contributed by atoms with van der Waals surface area (Å²) in [5.41, 5.74) is 3.04. The Morgan fingerprint density at radius 3 is 2.62 bits per heavy atom. The Morgan fingerprint density at radius 1 is 1.24 bits per heavy atom. The average Bonchev–Trinajstić information content (AvgIpc) is 2.46. The van der Waals surface area contributed by atoms with Crippen molar-refractivity contribution in [1.29, 1.82) is 0 Å². The first kappa shape index (κ1) is 16.7. The third-order valence-corrected chi connectivity index (χ3v) is 2.70. The summed E-state index contributed by atoms with van der Waals surface area (Å²) in [6.07, 6.45) is 10.2. The molecule has 0 aromatic heterocycles. The largest absolute Gasteiger partial charge is 0.463 e. The van der Waals surface area contributed by atoms with Crippen LogP contribution < -0.4 is 0 Å². The van der Waals surface area contributed by atoms with Crippen LogP contribution in [0.2, 0.25) is 0 Å². The quantitative estimate of drug-likeness (QED) is 0.411. The van der Waals surface area contributed by atoms with Crippen molar-refractivity contribution in [3.8, 4) is 0 Å². The monoisotopic (exact) mass is 282 g/mol. The number of benzene rings is 1. The van der Waals surface area contributed by atoms with Gasteiger partial charge in [0.15, 0.2) is 0 Å². The van der Waals surface area contributed by atoms with Crippen LogP contribution in [0.15, 0.2) is 72.4 Å². The van der Waals surface area contributed by atoms with E-state index in [1.807, 2.05) is 61.6 Å².